The molecule has 0 saturated carbocycles. The summed E-state index contributed by atoms with van der Waals surface area (Å²) in [5, 5.41) is 4.27. The summed E-state index contributed by atoms with van der Waals surface area (Å²) < 4.78 is 1.92. The van der Waals surface area contributed by atoms with Gasteiger partial charge in [0.05, 0.1) is 6.20 Å². The molecule has 2 heterocycles. The molecular weight excluding hydrogens is 174 g/mol. The van der Waals surface area contributed by atoms with E-state index in [2.05, 4.69) is 30.0 Å². The molecule has 0 bridgehead atoms. The molecule has 3 nitrogen and oxygen atoms in total. The first kappa shape index (κ1) is 9.19. The summed E-state index contributed by atoms with van der Waals surface area (Å²) in [6.45, 7) is 6.45. The molecule has 0 fully saturated rings. The number of fused-ring (bicyclic) bond motifs is 1. The summed E-state index contributed by atoms with van der Waals surface area (Å²) in [6.07, 6.45) is 2.84. The van der Waals surface area contributed by atoms with Gasteiger partial charge < -0.3 is 0 Å². The maximum absolute atomic E-state index is 4.40. The largest absolute Gasteiger partial charge is 0.234 e. The summed E-state index contributed by atoms with van der Waals surface area (Å²) in [5.41, 5.74) is 3.25. The van der Waals surface area contributed by atoms with Crippen molar-refractivity contribution in [3.05, 3.63) is 29.7 Å². The molecule has 0 aliphatic carbocycles. The molecule has 2 aromatic rings. The van der Waals surface area contributed by atoms with Crippen LogP contribution in [0.1, 0.15) is 25.2 Å². The van der Waals surface area contributed by atoms with Crippen LogP contribution in [0.5, 0.6) is 0 Å². The Bertz CT molecular complexity index is 443. The summed E-state index contributed by atoms with van der Waals surface area (Å²) in [7, 11) is 0. The first-order valence-corrected chi connectivity index (χ1v) is 4.97. The van der Waals surface area contributed by atoms with Crippen LogP contribution in [-0.4, -0.2) is 14.6 Å². The van der Waals surface area contributed by atoms with E-state index in [1.165, 1.54) is 5.69 Å². The molecule has 0 N–H and O–H groups in total. The van der Waals surface area contributed by atoms with Crippen LogP contribution >= 0.6 is 0 Å². The van der Waals surface area contributed by atoms with Crippen molar-refractivity contribution in [1.29, 1.82) is 0 Å². The molecule has 0 saturated heterocycles. The van der Waals surface area contributed by atoms with Crippen molar-refractivity contribution in [1.82, 2.24) is 14.6 Å². The first-order valence-electron chi connectivity index (χ1n) is 4.97. The second-order valence-corrected chi connectivity index (χ2v) is 4.09. The Balaban J connectivity index is 2.55. The number of rotatable bonds is 2. The van der Waals surface area contributed by atoms with E-state index in [1.807, 2.05) is 17.5 Å². The Morgan fingerprint density at radius 3 is 2.93 bits per heavy atom. The fourth-order valence-electron chi connectivity index (χ4n) is 1.68. The minimum absolute atomic E-state index is 0.643. The van der Waals surface area contributed by atoms with Gasteiger partial charge in [-0.25, -0.2) is 9.50 Å². The standard InChI is InChI=1S/C11H15N3/c1-8(2)6-10-7-9(3)13-11-4-5-12-14(10)11/h4-5,7-8H,6H2,1-3H3. The van der Waals surface area contributed by atoms with Gasteiger partial charge in [0.15, 0.2) is 5.65 Å². The van der Waals surface area contributed by atoms with Crippen LogP contribution in [0.25, 0.3) is 5.65 Å². The average molecular weight is 189 g/mol. The normalized spacial score (nSPS) is 11.4. The second-order valence-electron chi connectivity index (χ2n) is 4.09. The third-order valence-corrected chi connectivity index (χ3v) is 2.18. The highest BCUT2D eigenvalue weighted by atomic mass is 15.2. The highest BCUT2D eigenvalue weighted by Crippen LogP contribution is 2.11. The Morgan fingerprint density at radius 2 is 2.21 bits per heavy atom. The van der Waals surface area contributed by atoms with E-state index in [1.54, 1.807) is 6.20 Å². The average Bonchev–Trinajstić information content (AvgIpc) is 2.50. The zero-order valence-electron chi connectivity index (χ0n) is 8.86. The fourth-order valence-corrected chi connectivity index (χ4v) is 1.68. The van der Waals surface area contributed by atoms with Gasteiger partial charge in [-0.05, 0) is 25.3 Å². The summed E-state index contributed by atoms with van der Waals surface area (Å²) in [6, 6.07) is 4.05. The van der Waals surface area contributed by atoms with Crippen LogP contribution in [-0.2, 0) is 6.42 Å². The topological polar surface area (TPSA) is 30.2 Å². The maximum Gasteiger partial charge on any atom is 0.155 e. The quantitative estimate of drug-likeness (QED) is 0.725. The minimum atomic E-state index is 0.643. The molecular formula is C11H15N3. The van der Waals surface area contributed by atoms with Crippen molar-refractivity contribution >= 4 is 5.65 Å². The SMILES string of the molecule is Cc1cc(CC(C)C)n2nccc2n1. The summed E-state index contributed by atoms with van der Waals surface area (Å²) >= 11 is 0. The van der Waals surface area contributed by atoms with Crippen molar-refractivity contribution in [3.63, 3.8) is 0 Å². The number of hydrogen-bond donors (Lipinski definition) is 0. The van der Waals surface area contributed by atoms with Crippen LogP contribution in [0, 0.1) is 12.8 Å². The van der Waals surface area contributed by atoms with Gasteiger partial charge >= 0.3 is 0 Å². The summed E-state index contributed by atoms with van der Waals surface area (Å²) in [4.78, 5) is 4.40. The van der Waals surface area contributed by atoms with Crippen molar-refractivity contribution in [2.75, 3.05) is 0 Å². The lowest BCUT2D eigenvalue weighted by atomic mass is 10.1. The minimum Gasteiger partial charge on any atom is -0.234 e. The number of aromatic nitrogens is 3. The van der Waals surface area contributed by atoms with Crippen molar-refractivity contribution in [3.8, 4) is 0 Å². The zero-order valence-corrected chi connectivity index (χ0v) is 8.86. The van der Waals surface area contributed by atoms with E-state index in [0.717, 1.165) is 17.8 Å². The van der Waals surface area contributed by atoms with E-state index in [4.69, 9.17) is 0 Å². The van der Waals surface area contributed by atoms with Gasteiger partial charge in [-0.15, -0.1) is 0 Å². The van der Waals surface area contributed by atoms with Gasteiger partial charge in [-0.1, -0.05) is 13.8 Å². The predicted octanol–water partition coefficient (Wildman–Crippen LogP) is 2.24. The molecule has 3 heteroatoms. The highest BCUT2D eigenvalue weighted by molar-refractivity contribution is 5.38. The molecule has 0 aliphatic heterocycles. The van der Waals surface area contributed by atoms with Gasteiger partial charge in [-0.3, -0.25) is 0 Å². The predicted molar refractivity (Wildman–Crippen MR) is 56.3 cm³/mol. The van der Waals surface area contributed by atoms with E-state index in [9.17, 15) is 0 Å². The van der Waals surface area contributed by atoms with E-state index in [0.29, 0.717) is 5.92 Å². The van der Waals surface area contributed by atoms with E-state index >= 15 is 0 Å². The van der Waals surface area contributed by atoms with Crippen LogP contribution in [0.15, 0.2) is 18.3 Å². The lowest BCUT2D eigenvalue weighted by Gasteiger charge is -2.07. The molecule has 0 unspecified atom stereocenters. The Kier molecular flexibility index (Phi) is 2.23. The first-order chi connectivity index (χ1) is 6.66. The molecule has 0 amide bonds. The van der Waals surface area contributed by atoms with E-state index < -0.39 is 0 Å². The lowest BCUT2D eigenvalue weighted by molar-refractivity contribution is 0.618. The Hall–Kier alpha value is -1.38. The third kappa shape index (κ3) is 1.62. The van der Waals surface area contributed by atoms with Crippen molar-refractivity contribution < 1.29 is 0 Å². The maximum atomic E-state index is 4.40. The van der Waals surface area contributed by atoms with Crippen LogP contribution < -0.4 is 0 Å². The lowest BCUT2D eigenvalue weighted by Crippen LogP contribution is -2.05. The Morgan fingerprint density at radius 1 is 1.43 bits per heavy atom. The van der Waals surface area contributed by atoms with Gasteiger partial charge in [-0.2, -0.15) is 5.10 Å². The van der Waals surface area contributed by atoms with Crippen molar-refractivity contribution in [2.24, 2.45) is 5.92 Å². The van der Waals surface area contributed by atoms with E-state index in [-0.39, 0.29) is 0 Å². The number of hydrogen-bond acceptors (Lipinski definition) is 2. The molecule has 0 aliphatic rings. The summed E-state index contributed by atoms with van der Waals surface area (Å²) in [5.74, 6) is 0.643. The van der Waals surface area contributed by atoms with Crippen molar-refractivity contribution in [2.45, 2.75) is 27.2 Å². The van der Waals surface area contributed by atoms with Crippen LogP contribution in [0.3, 0.4) is 0 Å². The molecule has 0 radical (unpaired) electrons. The highest BCUT2D eigenvalue weighted by Gasteiger charge is 2.05. The number of aryl methyl sites for hydroxylation is 1. The molecule has 2 rings (SSSR count). The molecule has 0 spiro atoms. The zero-order chi connectivity index (χ0) is 10.1. The van der Waals surface area contributed by atoms with Gasteiger partial charge in [0.2, 0.25) is 0 Å². The van der Waals surface area contributed by atoms with Gasteiger partial charge in [0, 0.05) is 17.5 Å². The Labute approximate surface area is 83.8 Å². The second kappa shape index (κ2) is 3.40. The third-order valence-electron chi connectivity index (χ3n) is 2.18. The molecule has 74 valence electrons. The molecule has 2 aromatic heterocycles. The van der Waals surface area contributed by atoms with Gasteiger partial charge in [0.25, 0.3) is 0 Å². The molecule has 14 heavy (non-hydrogen) atoms. The van der Waals surface area contributed by atoms with Gasteiger partial charge in [0.1, 0.15) is 0 Å². The van der Waals surface area contributed by atoms with Crippen LogP contribution in [0.4, 0.5) is 0 Å². The monoisotopic (exact) mass is 189 g/mol. The molecule has 0 aromatic carbocycles. The number of nitrogens with zero attached hydrogens (tertiary/aromatic N) is 3. The molecule has 0 atom stereocenters. The van der Waals surface area contributed by atoms with Crippen LogP contribution in [0.2, 0.25) is 0 Å². The fraction of sp³-hybridized carbons (Fsp3) is 0.455. The smallest absolute Gasteiger partial charge is 0.155 e.